The van der Waals surface area contributed by atoms with Crippen molar-refractivity contribution in [2.45, 2.75) is 20.1 Å². The van der Waals surface area contributed by atoms with Crippen LogP contribution < -0.4 is 10.5 Å². The topological polar surface area (TPSA) is 55.6 Å². The number of nitrogens with two attached hydrogens (primary N) is 1. The van der Waals surface area contributed by atoms with Gasteiger partial charge in [0.2, 0.25) is 0 Å². The predicted molar refractivity (Wildman–Crippen MR) is 58.5 cm³/mol. The molecule has 0 aliphatic rings. The fourth-order valence-electron chi connectivity index (χ4n) is 1.35. The standard InChI is InChI=1S/C11H16N2O2/c1-3-13(11(12)14)9(2)15-10-7-5-4-6-8-10/h4-9H,3H2,1-2H3,(H2,12,14). The lowest BCUT2D eigenvalue weighted by Gasteiger charge is -2.26. The van der Waals surface area contributed by atoms with Gasteiger partial charge in [0.15, 0.2) is 6.23 Å². The molecule has 15 heavy (non-hydrogen) atoms. The van der Waals surface area contributed by atoms with Gasteiger partial charge < -0.3 is 10.5 Å². The largest absolute Gasteiger partial charge is 0.471 e. The van der Waals surface area contributed by atoms with Gasteiger partial charge in [-0.25, -0.2) is 4.79 Å². The zero-order valence-corrected chi connectivity index (χ0v) is 9.01. The third-order valence-electron chi connectivity index (χ3n) is 2.11. The van der Waals surface area contributed by atoms with Crippen molar-refractivity contribution in [2.75, 3.05) is 6.54 Å². The van der Waals surface area contributed by atoms with Crippen LogP contribution in [0.4, 0.5) is 4.79 Å². The normalized spacial score (nSPS) is 11.9. The molecule has 1 aromatic rings. The summed E-state index contributed by atoms with van der Waals surface area (Å²) in [4.78, 5) is 12.5. The van der Waals surface area contributed by atoms with Crippen LogP contribution in [0.1, 0.15) is 13.8 Å². The van der Waals surface area contributed by atoms with E-state index in [1.165, 1.54) is 4.90 Å². The first-order valence-corrected chi connectivity index (χ1v) is 4.93. The molecule has 4 nitrogen and oxygen atoms in total. The van der Waals surface area contributed by atoms with Crippen LogP contribution in [0, 0.1) is 0 Å². The molecule has 2 N–H and O–H groups in total. The molecule has 1 unspecified atom stereocenters. The maximum atomic E-state index is 11.0. The highest BCUT2D eigenvalue weighted by atomic mass is 16.5. The van der Waals surface area contributed by atoms with Crippen LogP contribution in [-0.2, 0) is 0 Å². The zero-order valence-electron chi connectivity index (χ0n) is 9.01. The monoisotopic (exact) mass is 208 g/mol. The van der Waals surface area contributed by atoms with E-state index in [1.54, 1.807) is 6.92 Å². The van der Waals surface area contributed by atoms with Crippen LogP contribution in [0.25, 0.3) is 0 Å². The van der Waals surface area contributed by atoms with E-state index in [1.807, 2.05) is 37.3 Å². The summed E-state index contributed by atoms with van der Waals surface area (Å²) in [7, 11) is 0. The van der Waals surface area contributed by atoms with Crippen LogP contribution >= 0.6 is 0 Å². The van der Waals surface area contributed by atoms with Gasteiger partial charge in [0, 0.05) is 6.54 Å². The van der Waals surface area contributed by atoms with Crippen LogP contribution in [0.5, 0.6) is 5.75 Å². The minimum absolute atomic E-state index is 0.352. The molecule has 0 aliphatic heterocycles. The molecule has 1 aromatic carbocycles. The molecule has 0 heterocycles. The zero-order chi connectivity index (χ0) is 11.3. The second-order valence-electron chi connectivity index (χ2n) is 3.15. The fourth-order valence-corrected chi connectivity index (χ4v) is 1.35. The molecule has 1 atom stereocenters. The summed E-state index contributed by atoms with van der Waals surface area (Å²) in [5, 5.41) is 0. The van der Waals surface area contributed by atoms with Crippen LogP contribution in [0.2, 0.25) is 0 Å². The Morgan fingerprint density at radius 1 is 1.47 bits per heavy atom. The average molecular weight is 208 g/mol. The Kier molecular flexibility index (Phi) is 3.97. The Balaban J connectivity index is 2.62. The molecule has 0 fully saturated rings. The molecule has 0 saturated carbocycles. The Labute approximate surface area is 89.6 Å². The van der Waals surface area contributed by atoms with Crippen LogP contribution in [-0.4, -0.2) is 23.7 Å². The highest BCUT2D eigenvalue weighted by Crippen LogP contribution is 2.12. The molecule has 0 spiro atoms. The smallest absolute Gasteiger partial charge is 0.317 e. The van der Waals surface area contributed by atoms with E-state index in [4.69, 9.17) is 10.5 Å². The predicted octanol–water partition coefficient (Wildman–Crippen LogP) is 1.81. The van der Waals surface area contributed by atoms with Crippen LogP contribution in [0.3, 0.4) is 0 Å². The van der Waals surface area contributed by atoms with Crippen LogP contribution in [0.15, 0.2) is 30.3 Å². The molecule has 2 amide bonds. The van der Waals surface area contributed by atoms with Gasteiger partial charge in [-0.3, -0.25) is 4.90 Å². The Morgan fingerprint density at radius 2 is 2.07 bits per heavy atom. The highest BCUT2D eigenvalue weighted by molar-refractivity contribution is 5.72. The molecule has 0 aromatic heterocycles. The van der Waals surface area contributed by atoms with Crippen molar-refractivity contribution >= 4 is 6.03 Å². The van der Waals surface area contributed by atoms with E-state index >= 15 is 0 Å². The minimum atomic E-state index is -0.471. The maximum Gasteiger partial charge on any atom is 0.317 e. The first kappa shape index (κ1) is 11.4. The summed E-state index contributed by atoms with van der Waals surface area (Å²) in [6.07, 6.45) is -0.352. The highest BCUT2D eigenvalue weighted by Gasteiger charge is 2.16. The van der Waals surface area contributed by atoms with Gasteiger partial charge in [-0.2, -0.15) is 0 Å². The Morgan fingerprint density at radius 3 is 2.53 bits per heavy atom. The van der Waals surface area contributed by atoms with Gasteiger partial charge in [0.05, 0.1) is 0 Å². The Hall–Kier alpha value is -1.71. The van der Waals surface area contributed by atoms with Gasteiger partial charge >= 0.3 is 6.03 Å². The number of carbonyl (C=O) groups is 1. The lowest BCUT2D eigenvalue weighted by molar-refractivity contribution is 0.0726. The van der Waals surface area contributed by atoms with Crippen molar-refractivity contribution in [3.63, 3.8) is 0 Å². The first-order chi connectivity index (χ1) is 7.15. The second kappa shape index (κ2) is 5.24. The van der Waals surface area contributed by atoms with Crippen molar-refractivity contribution in [2.24, 2.45) is 5.73 Å². The van der Waals surface area contributed by atoms with Crippen molar-refractivity contribution < 1.29 is 9.53 Å². The third kappa shape index (κ3) is 3.16. The lowest BCUT2D eigenvalue weighted by Crippen LogP contribution is -2.44. The summed E-state index contributed by atoms with van der Waals surface area (Å²) in [5.74, 6) is 0.727. The first-order valence-electron chi connectivity index (χ1n) is 4.93. The van der Waals surface area contributed by atoms with E-state index in [-0.39, 0.29) is 6.23 Å². The number of nitrogens with zero attached hydrogens (tertiary/aromatic N) is 1. The fraction of sp³-hybridized carbons (Fsp3) is 0.364. The van der Waals surface area contributed by atoms with E-state index < -0.39 is 6.03 Å². The van der Waals surface area contributed by atoms with E-state index in [2.05, 4.69) is 0 Å². The molecule has 0 bridgehead atoms. The molecule has 82 valence electrons. The van der Waals surface area contributed by atoms with Gasteiger partial charge in [-0.15, -0.1) is 0 Å². The number of primary amides is 1. The molecule has 1 rings (SSSR count). The summed E-state index contributed by atoms with van der Waals surface area (Å²) in [6.45, 7) is 4.18. The van der Waals surface area contributed by atoms with Crippen molar-refractivity contribution in [3.05, 3.63) is 30.3 Å². The molecule has 0 aliphatic carbocycles. The summed E-state index contributed by atoms with van der Waals surface area (Å²) < 4.78 is 5.55. The summed E-state index contributed by atoms with van der Waals surface area (Å²) in [6, 6.07) is 8.87. The number of hydrogen-bond acceptors (Lipinski definition) is 2. The number of carbonyl (C=O) groups excluding carboxylic acids is 1. The molecule has 4 heteroatoms. The number of rotatable bonds is 4. The number of hydrogen-bond donors (Lipinski definition) is 1. The third-order valence-corrected chi connectivity index (χ3v) is 2.11. The Bertz CT molecular complexity index is 314. The second-order valence-corrected chi connectivity index (χ2v) is 3.15. The number of urea groups is 1. The number of ether oxygens (including phenoxy) is 1. The quantitative estimate of drug-likeness (QED) is 0.767. The van der Waals surface area contributed by atoms with E-state index in [0.717, 1.165) is 5.75 Å². The van der Waals surface area contributed by atoms with Crippen molar-refractivity contribution in [1.82, 2.24) is 4.90 Å². The van der Waals surface area contributed by atoms with Gasteiger partial charge in [-0.05, 0) is 26.0 Å². The van der Waals surface area contributed by atoms with Gasteiger partial charge in [-0.1, -0.05) is 18.2 Å². The van der Waals surface area contributed by atoms with Gasteiger partial charge in [0.25, 0.3) is 0 Å². The average Bonchev–Trinajstić information content (AvgIpc) is 2.19. The molecule has 0 radical (unpaired) electrons. The summed E-state index contributed by atoms with van der Waals surface area (Å²) >= 11 is 0. The van der Waals surface area contributed by atoms with Gasteiger partial charge in [0.1, 0.15) is 5.75 Å². The van der Waals surface area contributed by atoms with Crippen molar-refractivity contribution in [1.29, 1.82) is 0 Å². The van der Waals surface area contributed by atoms with E-state index in [0.29, 0.717) is 6.54 Å². The molecular weight excluding hydrogens is 192 g/mol. The lowest BCUT2D eigenvalue weighted by atomic mass is 10.3. The molecule has 0 saturated heterocycles. The minimum Gasteiger partial charge on any atom is -0.471 e. The van der Waals surface area contributed by atoms with Crippen molar-refractivity contribution in [3.8, 4) is 5.75 Å². The SMILES string of the molecule is CCN(C(N)=O)C(C)Oc1ccccc1. The summed E-state index contributed by atoms with van der Waals surface area (Å²) in [5.41, 5.74) is 5.21. The maximum absolute atomic E-state index is 11.0. The van der Waals surface area contributed by atoms with E-state index in [9.17, 15) is 4.79 Å². The molecular formula is C11H16N2O2. The number of para-hydroxylation sites is 1. The number of benzene rings is 1. The number of amides is 2.